The van der Waals surface area contributed by atoms with Crippen LogP contribution >= 0.6 is 0 Å². The highest BCUT2D eigenvalue weighted by Gasteiger charge is 2.16. The molecule has 0 radical (unpaired) electrons. The van der Waals surface area contributed by atoms with E-state index in [1.54, 1.807) is 18.2 Å². The third kappa shape index (κ3) is 6.31. The zero-order chi connectivity index (χ0) is 20.5. The molecule has 0 saturated carbocycles. The van der Waals surface area contributed by atoms with E-state index in [1.807, 2.05) is 60.7 Å². The van der Waals surface area contributed by atoms with Gasteiger partial charge in [0.15, 0.2) is 0 Å². The number of amides is 1. The number of ether oxygens (including phenoxy) is 1. The van der Waals surface area contributed by atoms with Gasteiger partial charge < -0.3 is 14.8 Å². The van der Waals surface area contributed by atoms with Crippen molar-refractivity contribution in [2.75, 3.05) is 0 Å². The summed E-state index contributed by atoms with van der Waals surface area (Å²) in [4.78, 5) is 12.0. The summed E-state index contributed by atoms with van der Waals surface area (Å²) in [5, 5.41) is 23.1. The second kappa shape index (κ2) is 10.2. The van der Waals surface area contributed by atoms with E-state index in [1.165, 1.54) is 6.21 Å². The molecule has 0 unspecified atom stereocenters. The summed E-state index contributed by atoms with van der Waals surface area (Å²) < 4.78 is 5.76. The Labute approximate surface area is 169 Å². The van der Waals surface area contributed by atoms with Crippen LogP contribution in [0.4, 0.5) is 0 Å². The fourth-order valence-corrected chi connectivity index (χ4v) is 2.73. The Morgan fingerprint density at radius 2 is 1.62 bits per heavy atom. The van der Waals surface area contributed by atoms with Gasteiger partial charge in [0, 0.05) is 0 Å². The molecule has 1 amide bonds. The van der Waals surface area contributed by atoms with Crippen LogP contribution < -0.4 is 15.6 Å². The number of hydrogen-bond donors (Lipinski definition) is 3. The van der Waals surface area contributed by atoms with Gasteiger partial charge >= 0.3 is 7.12 Å². The van der Waals surface area contributed by atoms with Gasteiger partial charge in [-0.15, -0.1) is 0 Å². The van der Waals surface area contributed by atoms with Gasteiger partial charge in [-0.25, -0.2) is 5.43 Å². The molecule has 3 aromatic carbocycles. The molecule has 0 heterocycles. The van der Waals surface area contributed by atoms with Crippen LogP contribution in [0, 0.1) is 0 Å². The molecular weight excluding hydrogens is 367 g/mol. The lowest BCUT2D eigenvalue weighted by atomic mass is 9.77. The molecule has 3 rings (SSSR count). The number of hydrazone groups is 1. The minimum Gasteiger partial charge on any atom is -0.489 e. The Hall–Kier alpha value is -3.42. The van der Waals surface area contributed by atoms with Gasteiger partial charge in [-0.3, -0.25) is 4.79 Å². The highest BCUT2D eigenvalue weighted by molar-refractivity contribution is 6.60. The topological polar surface area (TPSA) is 91.2 Å². The third-order valence-corrected chi connectivity index (χ3v) is 4.19. The molecule has 0 atom stereocenters. The number of carbonyl (C=O) groups excluding carboxylic acids is 1. The quantitative estimate of drug-likeness (QED) is 0.311. The fraction of sp³-hybridized carbons (Fsp3) is 0.0909. The van der Waals surface area contributed by atoms with E-state index in [2.05, 4.69) is 10.5 Å². The lowest BCUT2D eigenvalue weighted by Crippen LogP contribution is -2.33. The Morgan fingerprint density at radius 3 is 2.28 bits per heavy atom. The highest BCUT2D eigenvalue weighted by Crippen LogP contribution is 2.14. The smallest absolute Gasteiger partial charge is 0.489 e. The van der Waals surface area contributed by atoms with Gasteiger partial charge in [0.05, 0.1) is 12.6 Å². The molecule has 0 aliphatic carbocycles. The zero-order valence-electron chi connectivity index (χ0n) is 15.7. The number of nitrogens with one attached hydrogen (secondary N) is 1. The molecule has 0 spiro atoms. The van der Waals surface area contributed by atoms with Crippen LogP contribution in [0.2, 0.25) is 0 Å². The SMILES string of the molecule is O=C(Cc1ccccc1)N/N=C/c1cc(OCc2ccccc2)ccc1B(O)O. The van der Waals surface area contributed by atoms with Gasteiger partial charge in [-0.05, 0) is 34.3 Å². The lowest BCUT2D eigenvalue weighted by molar-refractivity contribution is -0.120. The minimum absolute atomic E-state index is 0.202. The first-order chi connectivity index (χ1) is 14.1. The predicted molar refractivity (Wildman–Crippen MR) is 113 cm³/mol. The van der Waals surface area contributed by atoms with Crippen LogP contribution in [0.3, 0.4) is 0 Å². The normalized spacial score (nSPS) is 10.7. The monoisotopic (exact) mass is 388 g/mol. The third-order valence-electron chi connectivity index (χ3n) is 4.19. The van der Waals surface area contributed by atoms with Crippen molar-refractivity contribution in [3.8, 4) is 5.75 Å². The van der Waals surface area contributed by atoms with Crippen molar-refractivity contribution >= 4 is 24.7 Å². The van der Waals surface area contributed by atoms with E-state index < -0.39 is 7.12 Å². The molecule has 0 bridgehead atoms. The van der Waals surface area contributed by atoms with Crippen LogP contribution in [-0.4, -0.2) is 29.3 Å². The van der Waals surface area contributed by atoms with Gasteiger partial charge in [0.25, 0.3) is 0 Å². The molecule has 7 heteroatoms. The number of rotatable bonds is 8. The molecule has 0 fully saturated rings. The number of benzene rings is 3. The minimum atomic E-state index is -1.67. The summed E-state index contributed by atoms with van der Waals surface area (Å²) in [6, 6.07) is 23.9. The highest BCUT2D eigenvalue weighted by atomic mass is 16.5. The second-order valence-electron chi connectivity index (χ2n) is 6.39. The van der Waals surface area contributed by atoms with E-state index in [-0.39, 0.29) is 17.8 Å². The van der Waals surface area contributed by atoms with E-state index >= 15 is 0 Å². The Bertz CT molecular complexity index is 963. The first-order valence-corrected chi connectivity index (χ1v) is 9.14. The van der Waals surface area contributed by atoms with E-state index in [9.17, 15) is 14.8 Å². The molecule has 6 nitrogen and oxygen atoms in total. The average molecular weight is 388 g/mol. The number of nitrogens with zero attached hydrogens (tertiary/aromatic N) is 1. The Balaban J connectivity index is 1.65. The molecule has 3 aromatic rings. The first kappa shape index (κ1) is 20.3. The van der Waals surface area contributed by atoms with Gasteiger partial charge in [0.1, 0.15) is 12.4 Å². The van der Waals surface area contributed by atoms with E-state index in [0.29, 0.717) is 17.9 Å². The van der Waals surface area contributed by atoms with Crippen molar-refractivity contribution < 1.29 is 19.6 Å². The maximum atomic E-state index is 12.0. The molecule has 0 saturated heterocycles. The predicted octanol–water partition coefficient (Wildman–Crippen LogP) is 1.64. The van der Waals surface area contributed by atoms with E-state index in [4.69, 9.17) is 4.74 Å². The van der Waals surface area contributed by atoms with Crippen LogP contribution in [0.25, 0.3) is 0 Å². The summed E-state index contributed by atoms with van der Waals surface area (Å²) >= 11 is 0. The molecular formula is C22H21BN2O4. The largest absolute Gasteiger partial charge is 0.489 e. The Kier molecular flexibility index (Phi) is 7.16. The molecule has 0 aromatic heterocycles. The van der Waals surface area contributed by atoms with Crippen LogP contribution in [0.1, 0.15) is 16.7 Å². The summed E-state index contributed by atoms with van der Waals surface area (Å²) in [5.74, 6) is 0.283. The summed E-state index contributed by atoms with van der Waals surface area (Å²) in [5.41, 5.74) is 5.04. The molecule has 3 N–H and O–H groups in total. The van der Waals surface area contributed by atoms with Crippen LogP contribution in [0.5, 0.6) is 5.75 Å². The first-order valence-electron chi connectivity index (χ1n) is 9.14. The van der Waals surface area contributed by atoms with Crippen molar-refractivity contribution in [1.82, 2.24) is 5.43 Å². The lowest BCUT2D eigenvalue weighted by Gasteiger charge is -2.10. The summed E-state index contributed by atoms with van der Waals surface area (Å²) in [7, 11) is -1.67. The molecule has 29 heavy (non-hydrogen) atoms. The molecule has 0 aliphatic heterocycles. The summed E-state index contributed by atoms with van der Waals surface area (Å²) in [6.07, 6.45) is 1.57. The van der Waals surface area contributed by atoms with Gasteiger partial charge in [-0.2, -0.15) is 5.10 Å². The molecule has 0 aliphatic rings. The summed E-state index contributed by atoms with van der Waals surface area (Å²) in [6.45, 7) is 0.381. The van der Waals surface area contributed by atoms with Crippen LogP contribution in [0.15, 0.2) is 84.0 Å². The van der Waals surface area contributed by atoms with Crippen molar-refractivity contribution in [2.24, 2.45) is 5.10 Å². The van der Waals surface area contributed by atoms with Gasteiger partial charge in [0.2, 0.25) is 5.91 Å². The van der Waals surface area contributed by atoms with Gasteiger partial charge in [-0.1, -0.05) is 66.7 Å². The standard InChI is InChI=1S/C22H21BN2O4/c26-22(13-17-7-3-1-4-8-17)25-24-15-19-14-20(11-12-21(19)23(27)28)29-16-18-9-5-2-6-10-18/h1-12,14-15,27-28H,13,16H2,(H,25,26)/b24-15+. The fourth-order valence-electron chi connectivity index (χ4n) is 2.73. The van der Waals surface area contributed by atoms with Crippen molar-refractivity contribution in [3.63, 3.8) is 0 Å². The van der Waals surface area contributed by atoms with E-state index in [0.717, 1.165) is 11.1 Å². The Morgan fingerprint density at radius 1 is 0.966 bits per heavy atom. The zero-order valence-corrected chi connectivity index (χ0v) is 15.7. The maximum absolute atomic E-state index is 12.0. The van der Waals surface area contributed by atoms with Crippen molar-refractivity contribution in [1.29, 1.82) is 0 Å². The van der Waals surface area contributed by atoms with Crippen molar-refractivity contribution in [2.45, 2.75) is 13.0 Å². The average Bonchev–Trinajstić information content (AvgIpc) is 2.73. The maximum Gasteiger partial charge on any atom is 0.489 e. The second-order valence-corrected chi connectivity index (χ2v) is 6.39. The molecule has 146 valence electrons. The van der Waals surface area contributed by atoms with Crippen molar-refractivity contribution in [3.05, 3.63) is 95.6 Å². The number of carbonyl (C=O) groups is 1. The number of hydrogen-bond acceptors (Lipinski definition) is 5. The van der Waals surface area contributed by atoms with Crippen LogP contribution in [-0.2, 0) is 17.8 Å².